The van der Waals surface area contributed by atoms with Gasteiger partial charge < -0.3 is 10.4 Å². The summed E-state index contributed by atoms with van der Waals surface area (Å²) in [5.41, 5.74) is -0.130. The molecule has 0 radical (unpaired) electrons. The van der Waals surface area contributed by atoms with Crippen LogP contribution in [0.15, 0.2) is 21.8 Å². The van der Waals surface area contributed by atoms with Gasteiger partial charge in [-0.1, -0.05) is 0 Å². The highest BCUT2D eigenvalue weighted by Gasteiger charge is 2.31. The molecule has 2 aliphatic heterocycles. The summed E-state index contributed by atoms with van der Waals surface area (Å²) in [6.07, 6.45) is 2.49. The largest absolute Gasteiger partial charge is 0.477 e. The number of carbonyl (C=O) groups is 2. The van der Waals surface area contributed by atoms with Crippen molar-refractivity contribution in [2.24, 2.45) is 15.9 Å². The standard InChI is InChI=1S/C7H5N3O3/c11-6-3-1-4(7(12)13)10-5(3)8-2-9-6/h1-3H,(H,12,13)(H,8,9,10,11). The Kier molecular flexibility index (Phi) is 1.48. The number of amidine groups is 1. The van der Waals surface area contributed by atoms with Gasteiger partial charge in [0.1, 0.15) is 17.5 Å². The number of carboxylic acid groups (broad SMARTS) is 1. The Labute approximate surface area is 72.7 Å². The summed E-state index contributed by atoms with van der Waals surface area (Å²) < 4.78 is 0. The summed E-state index contributed by atoms with van der Waals surface area (Å²) in [6, 6.07) is 0. The van der Waals surface area contributed by atoms with Crippen molar-refractivity contribution in [3.05, 3.63) is 11.8 Å². The van der Waals surface area contributed by atoms with Crippen molar-refractivity contribution >= 4 is 24.1 Å². The maximum atomic E-state index is 11.1. The lowest BCUT2D eigenvalue weighted by Crippen LogP contribution is -2.36. The minimum Gasteiger partial charge on any atom is -0.477 e. The summed E-state index contributed by atoms with van der Waals surface area (Å²) >= 11 is 0. The van der Waals surface area contributed by atoms with E-state index in [2.05, 4.69) is 15.3 Å². The average Bonchev–Trinajstić information content (AvgIpc) is 2.49. The Morgan fingerprint density at radius 1 is 1.62 bits per heavy atom. The van der Waals surface area contributed by atoms with Gasteiger partial charge in [0.25, 0.3) is 0 Å². The summed E-state index contributed by atoms with van der Waals surface area (Å²) in [6.45, 7) is 0. The Morgan fingerprint density at radius 3 is 3.00 bits per heavy atom. The number of rotatable bonds is 1. The van der Waals surface area contributed by atoms with E-state index in [1.165, 1.54) is 12.4 Å². The predicted octanol–water partition coefficient (Wildman–Crippen LogP) is -0.859. The number of aliphatic imine (C=N–C) groups is 2. The molecule has 0 aromatic rings. The van der Waals surface area contributed by atoms with E-state index >= 15 is 0 Å². The lowest BCUT2D eigenvalue weighted by Gasteiger charge is -2.10. The zero-order valence-electron chi connectivity index (χ0n) is 6.39. The van der Waals surface area contributed by atoms with Gasteiger partial charge in [-0.15, -0.1) is 0 Å². The van der Waals surface area contributed by atoms with E-state index in [9.17, 15) is 9.59 Å². The molecule has 66 valence electrons. The number of fused-ring (bicyclic) bond motifs is 1. The molecule has 0 spiro atoms. The van der Waals surface area contributed by atoms with Crippen LogP contribution in [0, 0.1) is 5.92 Å². The van der Waals surface area contributed by atoms with Crippen LogP contribution < -0.4 is 5.32 Å². The second-order valence-electron chi connectivity index (χ2n) is 2.57. The van der Waals surface area contributed by atoms with Gasteiger partial charge >= 0.3 is 5.97 Å². The fraction of sp³-hybridized carbons (Fsp3) is 0.143. The van der Waals surface area contributed by atoms with Gasteiger partial charge in [-0.25, -0.2) is 14.8 Å². The number of hydrogen-bond acceptors (Lipinski definition) is 4. The maximum absolute atomic E-state index is 11.1. The van der Waals surface area contributed by atoms with E-state index < -0.39 is 11.9 Å². The Bertz CT molecular complexity index is 380. The molecule has 0 saturated carbocycles. The molecule has 0 aromatic carbocycles. The number of nitrogens with zero attached hydrogens (tertiary/aromatic N) is 2. The van der Waals surface area contributed by atoms with E-state index in [0.717, 1.165) is 0 Å². The maximum Gasteiger partial charge on any atom is 0.354 e. The topological polar surface area (TPSA) is 91.1 Å². The highest BCUT2D eigenvalue weighted by molar-refractivity contribution is 6.17. The quantitative estimate of drug-likeness (QED) is 0.548. The van der Waals surface area contributed by atoms with E-state index in [0.29, 0.717) is 0 Å². The van der Waals surface area contributed by atoms with Crippen molar-refractivity contribution in [2.45, 2.75) is 0 Å². The first-order valence-electron chi connectivity index (χ1n) is 3.55. The minimum atomic E-state index is -1.15. The number of hydrogen-bond donors (Lipinski definition) is 2. The van der Waals surface area contributed by atoms with Crippen molar-refractivity contribution in [3.8, 4) is 0 Å². The van der Waals surface area contributed by atoms with E-state index in [-0.39, 0.29) is 17.4 Å². The Morgan fingerprint density at radius 2 is 2.38 bits per heavy atom. The summed E-state index contributed by atoms with van der Waals surface area (Å²) in [5.74, 6) is -1.85. The normalized spacial score (nSPS) is 24.6. The highest BCUT2D eigenvalue weighted by atomic mass is 16.4. The minimum absolute atomic E-state index is 0.130. The molecule has 0 saturated heterocycles. The molecule has 2 aliphatic rings. The monoisotopic (exact) mass is 179 g/mol. The van der Waals surface area contributed by atoms with Crippen molar-refractivity contribution in [3.63, 3.8) is 0 Å². The first kappa shape index (κ1) is 7.66. The third-order valence-electron chi connectivity index (χ3n) is 1.74. The van der Waals surface area contributed by atoms with Crippen LogP contribution in [0.2, 0.25) is 0 Å². The van der Waals surface area contributed by atoms with E-state index in [4.69, 9.17) is 5.11 Å². The molecule has 0 bridgehead atoms. The zero-order valence-corrected chi connectivity index (χ0v) is 6.39. The smallest absolute Gasteiger partial charge is 0.354 e. The SMILES string of the molecule is O=C(O)C1=CC2C(=O)NC=NC2=N1. The number of nitrogens with one attached hydrogen (secondary N) is 1. The predicted molar refractivity (Wildman–Crippen MR) is 43.3 cm³/mol. The zero-order chi connectivity index (χ0) is 9.42. The summed E-state index contributed by atoms with van der Waals surface area (Å²) in [7, 11) is 0. The second kappa shape index (κ2) is 2.51. The molecule has 6 nitrogen and oxygen atoms in total. The van der Waals surface area contributed by atoms with Gasteiger partial charge in [0.15, 0.2) is 0 Å². The molecule has 0 fully saturated rings. The molecule has 1 atom stereocenters. The van der Waals surface area contributed by atoms with Gasteiger partial charge in [0, 0.05) is 0 Å². The van der Waals surface area contributed by atoms with Crippen LogP contribution >= 0.6 is 0 Å². The Hall–Kier alpha value is -1.98. The second-order valence-corrected chi connectivity index (χ2v) is 2.57. The van der Waals surface area contributed by atoms with Crippen LogP contribution in [0.25, 0.3) is 0 Å². The summed E-state index contributed by atoms with van der Waals surface area (Å²) in [4.78, 5) is 29.0. The van der Waals surface area contributed by atoms with Crippen molar-refractivity contribution in [1.82, 2.24) is 5.32 Å². The molecule has 0 aromatic heterocycles. The van der Waals surface area contributed by atoms with Gasteiger partial charge in [-0.3, -0.25) is 4.79 Å². The third kappa shape index (κ3) is 1.12. The van der Waals surface area contributed by atoms with Crippen molar-refractivity contribution in [2.75, 3.05) is 0 Å². The average molecular weight is 179 g/mol. The summed E-state index contributed by atoms with van der Waals surface area (Å²) in [5, 5.41) is 11.0. The van der Waals surface area contributed by atoms with Gasteiger partial charge in [-0.2, -0.15) is 0 Å². The van der Waals surface area contributed by atoms with Crippen LogP contribution in [0.3, 0.4) is 0 Å². The van der Waals surface area contributed by atoms with Gasteiger partial charge in [0.05, 0.1) is 6.34 Å². The van der Waals surface area contributed by atoms with Crippen LogP contribution in [0.4, 0.5) is 0 Å². The van der Waals surface area contributed by atoms with Crippen molar-refractivity contribution in [1.29, 1.82) is 0 Å². The fourth-order valence-corrected chi connectivity index (χ4v) is 1.14. The Balaban J connectivity index is 2.39. The fourth-order valence-electron chi connectivity index (χ4n) is 1.14. The van der Waals surface area contributed by atoms with E-state index in [1.54, 1.807) is 0 Å². The lowest BCUT2D eigenvalue weighted by atomic mass is 10.1. The first-order valence-corrected chi connectivity index (χ1v) is 3.55. The number of carboxylic acids is 1. The van der Waals surface area contributed by atoms with Crippen LogP contribution in [0.5, 0.6) is 0 Å². The third-order valence-corrected chi connectivity index (χ3v) is 1.74. The van der Waals surface area contributed by atoms with Crippen molar-refractivity contribution < 1.29 is 14.7 Å². The molecule has 2 rings (SSSR count). The van der Waals surface area contributed by atoms with Crippen LogP contribution in [-0.2, 0) is 9.59 Å². The molecule has 2 heterocycles. The van der Waals surface area contributed by atoms with Crippen LogP contribution in [-0.4, -0.2) is 29.2 Å². The number of aliphatic carboxylic acids is 1. The molecular formula is C7H5N3O3. The molecule has 1 unspecified atom stereocenters. The molecule has 0 aliphatic carbocycles. The number of carbonyl (C=O) groups excluding carboxylic acids is 1. The van der Waals surface area contributed by atoms with Gasteiger partial charge in [-0.05, 0) is 6.08 Å². The lowest BCUT2D eigenvalue weighted by molar-refractivity contribution is -0.132. The van der Waals surface area contributed by atoms with Crippen LogP contribution in [0.1, 0.15) is 0 Å². The van der Waals surface area contributed by atoms with Gasteiger partial charge in [0.2, 0.25) is 5.91 Å². The molecular weight excluding hydrogens is 174 g/mol. The van der Waals surface area contributed by atoms with E-state index in [1.807, 2.05) is 0 Å². The molecule has 13 heavy (non-hydrogen) atoms. The molecule has 2 N–H and O–H groups in total. The molecule has 6 heteroatoms. The molecule has 1 amide bonds. The number of amides is 1. The highest BCUT2D eigenvalue weighted by Crippen LogP contribution is 2.19. The first-order chi connectivity index (χ1) is 6.18.